The lowest BCUT2D eigenvalue weighted by atomic mass is 10.2. The van der Waals surface area contributed by atoms with Gasteiger partial charge in [-0.1, -0.05) is 18.2 Å². The van der Waals surface area contributed by atoms with Crippen LogP contribution in [0.1, 0.15) is 23.0 Å². The van der Waals surface area contributed by atoms with Crippen molar-refractivity contribution in [3.05, 3.63) is 41.6 Å². The van der Waals surface area contributed by atoms with E-state index in [9.17, 15) is 10.1 Å². The molecule has 6 heteroatoms. The van der Waals surface area contributed by atoms with E-state index < -0.39 is 5.97 Å². The van der Waals surface area contributed by atoms with Crippen LogP contribution in [0.4, 0.5) is 5.69 Å². The number of hydrogen-bond donors (Lipinski definition) is 1. The summed E-state index contributed by atoms with van der Waals surface area (Å²) in [5.74, 6) is -0.532. The summed E-state index contributed by atoms with van der Waals surface area (Å²) in [7, 11) is 0. The van der Waals surface area contributed by atoms with Crippen molar-refractivity contribution in [1.29, 1.82) is 5.26 Å². The molecule has 0 aliphatic heterocycles. The zero-order valence-corrected chi connectivity index (χ0v) is 12.6. The van der Waals surface area contributed by atoms with E-state index in [4.69, 9.17) is 10.5 Å². The van der Waals surface area contributed by atoms with E-state index in [0.29, 0.717) is 10.6 Å². The van der Waals surface area contributed by atoms with Crippen molar-refractivity contribution in [2.75, 3.05) is 18.6 Å². The van der Waals surface area contributed by atoms with Crippen molar-refractivity contribution >= 4 is 23.4 Å². The number of thioether (sulfide) groups is 1. The number of anilines is 1. The van der Waals surface area contributed by atoms with E-state index in [-0.39, 0.29) is 18.0 Å². The summed E-state index contributed by atoms with van der Waals surface area (Å²) < 4.78 is 6.75. The van der Waals surface area contributed by atoms with Crippen molar-refractivity contribution in [2.24, 2.45) is 0 Å². The first kappa shape index (κ1) is 15.0. The monoisotopic (exact) mass is 301 g/mol. The summed E-state index contributed by atoms with van der Waals surface area (Å²) in [5, 5.41) is 9.95. The number of benzene rings is 1. The Bertz CT molecular complexity index is 702. The molecule has 0 spiro atoms. The second-order valence-corrected chi connectivity index (χ2v) is 4.94. The van der Waals surface area contributed by atoms with Gasteiger partial charge in [0.2, 0.25) is 0 Å². The predicted octanol–water partition coefficient (Wildman–Crippen LogP) is 2.83. The lowest BCUT2D eigenvalue weighted by Gasteiger charge is -2.11. The number of esters is 1. The average molecular weight is 301 g/mol. The number of aromatic nitrogens is 1. The van der Waals surface area contributed by atoms with Crippen LogP contribution in [0, 0.1) is 11.3 Å². The Labute approximate surface area is 127 Å². The minimum absolute atomic E-state index is 0.157. The third kappa shape index (κ3) is 2.60. The summed E-state index contributed by atoms with van der Waals surface area (Å²) in [5.41, 5.74) is 7.42. The second kappa shape index (κ2) is 6.37. The second-order valence-electron chi connectivity index (χ2n) is 4.15. The van der Waals surface area contributed by atoms with E-state index in [2.05, 4.69) is 6.07 Å². The number of ether oxygens (including phenoxy) is 1. The maximum atomic E-state index is 12.2. The van der Waals surface area contributed by atoms with Crippen LogP contribution in [-0.4, -0.2) is 23.4 Å². The molecule has 1 aromatic heterocycles. The normalized spacial score (nSPS) is 10.1. The van der Waals surface area contributed by atoms with Crippen molar-refractivity contribution in [3.63, 3.8) is 0 Å². The van der Waals surface area contributed by atoms with Crippen LogP contribution in [0.3, 0.4) is 0 Å². The molecule has 0 radical (unpaired) electrons. The van der Waals surface area contributed by atoms with Gasteiger partial charge in [0.1, 0.15) is 16.7 Å². The molecule has 108 valence electrons. The summed E-state index contributed by atoms with van der Waals surface area (Å²) in [6.45, 7) is 1.97. The van der Waals surface area contributed by atoms with Gasteiger partial charge in [-0.3, -0.25) is 4.57 Å². The molecule has 1 heterocycles. The highest BCUT2D eigenvalue weighted by Gasteiger charge is 2.27. The van der Waals surface area contributed by atoms with Gasteiger partial charge in [0, 0.05) is 5.69 Å². The van der Waals surface area contributed by atoms with Gasteiger partial charge in [0.05, 0.1) is 12.3 Å². The molecule has 0 aliphatic rings. The van der Waals surface area contributed by atoms with Gasteiger partial charge >= 0.3 is 5.97 Å². The highest BCUT2D eigenvalue weighted by molar-refractivity contribution is 7.98. The third-order valence-electron chi connectivity index (χ3n) is 2.95. The number of hydrogen-bond acceptors (Lipinski definition) is 5. The maximum Gasteiger partial charge on any atom is 0.357 e. The van der Waals surface area contributed by atoms with Crippen LogP contribution in [0.15, 0.2) is 35.4 Å². The van der Waals surface area contributed by atoms with Gasteiger partial charge < -0.3 is 10.5 Å². The minimum atomic E-state index is -0.532. The first-order valence-corrected chi connectivity index (χ1v) is 7.58. The first-order valence-electron chi connectivity index (χ1n) is 6.36. The van der Waals surface area contributed by atoms with Gasteiger partial charge in [0.25, 0.3) is 0 Å². The zero-order valence-electron chi connectivity index (χ0n) is 11.8. The van der Waals surface area contributed by atoms with Crippen LogP contribution >= 0.6 is 11.8 Å². The Morgan fingerprint density at radius 3 is 2.62 bits per heavy atom. The van der Waals surface area contributed by atoms with Crippen LogP contribution in [0.5, 0.6) is 0 Å². The number of carbonyl (C=O) groups excluding carboxylic acids is 1. The fraction of sp³-hybridized carbons (Fsp3) is 0.200. The number of para-hydroxylation sites is 1. The molecule has 2 aromatic rings. The topological polar surface area (TPSA) is 81.0 Å². The van der Waals surface area contributed by atoms with E-state index in [1.54, 1.807) is 11.5 Å². The molecule has 2 rings (SSSR count). The third-order valence-corrected chi connectivity index (χ3v) is 3.73. The number of nitriles is 1. The van der Waals surface area contributed by atoms with Crippen LogP contribution in [0.25, 0.3) is 5.69 Å². The van der Waals surface area contributed by atoms with Gasteiger partial charge in [-0.15, -0.1) is 11.8 Å². The Morgan fingerprint density at radius 1 is 1.43 bits per heavy atom. The fourth-order valence-corrected chi connectivity index (χ4v) is 2.83. The fourth-order valence-electron chi connectivity index (χ4n) is 2.09. The van der Waals surface area contributed by atoms with Crippen molar-refractivity contribution < 1.29 is 9.53 Å². The highest BCUT2D eigenvalue weighted by Crippen LogP contribution is 2.34. The molecule has 0 amide bonds. The highest BCUT2D eigenvalue weighted by atomic mass is 32.2. The summed E-state index contributed by atoms with van der Waals surface area (Å²) in [6.07, 6.45) is 1.84. The Hall–Kier alpha value is -2.39. The molecule has 0 saturated heterocycles. The minimum Gasteiger partial charge on any atom is -0.461 e. The molecule has 21 heavy (non-hydrogen) atoms. The molecule has 0 atom stereocenters. The van der Waals surface area contributed by atoms with Crippen molar-refractivity contribution in [3.8, 4) is 11.8 Å². The summed E-state index contributed by atoms with van der Waals surface area (Å²) in [6, 6.07) is 11.4. The summed E-state index contributed by atoms with van der Waals surface area (Å²) >= 11 is 1.36. The molecule has 0 aliphatic carbocycles. The SMILES string of the molecule is CCOC(=O)c1c(N)c(C#N)c(SC)n1-c1ccccc1. The van der Waals surface area contributed by atoms with Gasteiger partial charge in [-0.25, -0.2) is 4.79 Å². The molecule has 0 fully saturated rings. The number of nitrogens with zero attached hydrogens (tertiary/aromatic N) is 2. The standard InChI is InChI=1S/C15H15N3O2S/c1-3-20-15(19)13-12(17)11(9-16)14(21-2)18(13)10-7-5-4-6-8-10/h4-8H,3,17H2,1-2H3. The molecule has 0 saturated carbocycles. The van der Waals surface area contributed by atoms with E-state index in [1.165, 1.54) is 11.8 Å². The molecule has 5 nitrogen and oxygen atoms in total. The van der Waals surface area contributed by atoms with E-state index >= 15 is 0 Å². The number of nitrogen functional groups attached to an aromatic ring is 1. The van der Waals surface area contributed by atoms with E-state index in [1.807, 2.05) is 36.6 Å². The van der Waals surface area contributed by atoms with Crippen molar-refractivity contribution in [2.45, 2.75) is 11.9 Å². The molecular formula is C15H15N3O2S. The number of rotatable bonds is 4. The molecule has 2 N–H and O–H groups in total. The molecule has 0 unspecified atom stereocenters. The Balaban J connectivity index is 2.77. The quantitative estimate of drug-likeness (QED) is 0.693. The van der Waals surface area contributed by atoms with Crippen LogP contribution in [-0.2, 0) is 4.74 Å². The zero-order chi connectivity index (χ0) is 15.4. The molecule has 0 bridgehead atoms. The lowest BCUT2D eigenvalue weighted by Crippen LogP contribution is -2.13. The van der Waals surface area contributed by atoms with Crippen LogP contribution in [0.2, 0.25) is 0 Å². The summed E-state index contributed by atoms with van der Waals surface area (Å²) in [4.78, 5) is 12.2. The number of nitrogens with two attached hydrogens (primary N) is 1. The van der Waals surface area contributed by atoms with Crippen LogP contribution < -0.4 is 5.73 Å². The Kier molecular flexibility index (Phi) is 4.55. The smallest absolute Gasteiger partial charge is 0.357 e. The largest absolute Gasteiger partial charge is 0.461 e. The molecule has 1 aromatic carbocycles. The average Bonchev–Trinajstić information content (AvgIpc) is 2.80. The lowest BCUT2D eigenvalue weighted by molar-refractivity contribution is 0.0517. The van der Waals surface area contributed by atoms with Gasteiger partial charge in [-0.2, -0.15) is 5.26 Å². The first-order chi connectivity index (χ1) is 10.2. The van der Waals surface area contributed by atoms with Gasteiger partial charge in [-0.05, 0) is 25.3 Å². The van der Waals surface area contributed by atoms with E-state index in [0.717, 1.165) is 5.69 Å². The Morgan fingerprint density at radius 2 is 2.10 bits per heavy atom. The predicted molar refractivity (Wildman–Crippen MR) is 82.6 cm³/mol. The van der Waals surface area contributed by atoms with Gasteiger partial charge in [0.15, 0.2) is 5.69 Å². The van der Waals surface area contributed by atoms with Crippen molar-refractivity contribution in [1.82, 2.24) is 4.57 Å². The maximum absolute atomic E-state index is 12.2. The number of carbonyl (C=O) groups is 1. The molecular weight excluding hydrogens is 286 g/mol.